The van der Waals surface area contributed by atoms with Crippen LogP contribution in [0.1, 0.15) is 162 Å². The van der Waals surface area contributed by atoms with Gasteiger partial charge in [0.05, 0.1) is 13.2 Å². The van der Waals surface area contributed by atoms with Gasteiger partial charge in [-0.2, -0.15) is 0 Å². The fraction of sp³-hybridized carbons (Fsp3) is 0.833. The van der Waals surface area contributed by atoms with Crippen molar-refractivity contribution >= 4 is 19.8 Å². The number of esters is 2. The van der Waals surface area contributed by atoms with E-state index in [0.717, 1.165) is 77.0 Å². The number of carbonyl (C=O) groups is 2. The summed E-state index contributed by atoms with van der Waals surface area (Å²) in [5.41, 5.74) is 5.32. The van der Waals surface area contributed by atoms with Gasteiger partial charge in [-0.15, -0.1) is 0 Å². The predicted molar refractivity (Wildman–Crippen MR) is 187 cm³/mol. The number of nitrogens with two attached hydrogens (primary N) is 1. The fourth-order valence-electron chi connectivity index (χ4n) is 4.81. The third-order valence-electron chi connectivity index (χ3n) is 7.54. The second-order valence-corrected chi connectivity index (χ2v) is 13.5. The molecule has 0 radical (unpaired) electrons. The zero-order valence-corrected chi connectivity index (χ0v) is 30.2. The lowest BCUT2D eigenvalue weighted by Crippen LogP contribution is -2.29. The number of rotatable bonds is 34. The summed E-state index contributed by atoms with van der Waals surface area (Å²) in [6, 6.07) is 0. The van der Waals surface area contributed by atoms with Gasteiger partial charge in [0.15, 0.2) is 6.10 Å². The first-order valence-corrected chi connectivity index (χ1v) is 19.8. The van der Waals surface area contributed by atoms with Crippen LogP contribution < -0.4 is 5.73 Å². The topological polar surface area (TPSA) is 134 Å². The van der Waals surface area contributed by atoms with E-state index in [1.165, 1.54) is 51.4 Å². The minimum Gasteiger partial charge on any atom is -0.462 e. The average Bonchev–Trinajstić information content (AvgIpc) is 3.04. The largest absolute Gasteiger partial charge is 0.472 e. The minimum absolute atomic E-state index is 0.0515. The van der Waals surface area contributed by atoms with Crippen molar-refractivity contribution in [3.8, 4) is 0 Å². The molecule has 0 aliphatic heterocycles. The number of ether oxygens (including phenoxy) is 2. The van der Waals surface area contributed by atoms with E-state index in [-0.39, 0.29) is 32.6 Å². The highest BCUT2D eigenvalue weighted by molar-refractivity contribution is 7.47. The van der Waals surface area contributed by atoms with Crippen molar-refractivity contribution in [1.82, 2.24) is 0 Å². The van der Waals surface area contributed by atoms with Crippen LogP contribution in [0.2, 0.25) is 0 Å². The zero-order valence-electron chi connectivity index (χ0n) is 29.3. The Bertz CT molecular complexity index is 820. The summed E-state index contributed by atoms with van der Waals surface area (Å²) in [5, 5.41) is 0. The van der Waals surface area contributed by atoms with E-state index in [0.29, 0.717) is 6.42 Å². The predicted octanol–water partition coefficient (Wildman–Crippen LogP) is 9.66. The van der Waals surface area contributed by atoms with Gasteiger partial charge in [0, 0.05) is 19.4 Å². The number of phosphoric acid groups is 1. The maximum atomic E-state index is 12.5. The highest BCUT2D eigenvalue weighted by Crippen LogP contribution is 2.43. The molecule has 0 aromatic carbocycles. The molecule has 0 saturated heterocycles. The van der Waals surface area contributed by atoms with Gasteiger partial charge in [-0.3, -0.25) is 18.6 Å². The molecule has 2 atom stereocenters. The maximum absolute atomic E-state index is 12.5. The highest BCUT2D eigenvalue weighted by atomic mass is 31.2. The molecule has 0 saturated carbocycles. The van der Waals surface area contributed by atoms with Crippen molar-refractivity contribution in [3.05, 3.63) is 24.3 Å². The Kier molecular flexibility index (Phi) is 32.3. The standard InChI is InChI=1S/C36H68NO8P/c1-3-5-7-9-11-13-15-16-17-18-19-21-23-25-27-29-36(39)45-34(33-44-46(40,41)43-31-30-37)32-42-35(38)28-26-24-22-20-14-12-10-8-6-4-2/h8,10,16-17,34H,3-7,9,11-15,18-33,37H2,1-2H3,(H,40,41)/b10-8-,17-16-. The molecular formula is C36H68NO8P. The van der Waals surface area contributed by atoms with Crippen LogP contribution in [0, 0.1) is 0 Å². The highest BCUT2D eigenvalue weighted by Gasteiger charge is 2.25. The zero-order chi connectivity index (χ0) is 34.0. The lowest BCUT2D eigenvalue weighted by atomic mass is 10.1. The molecule has 0 fully saturated rings. The van der Waals surface area contributed by atoms with Gasteiger partial charge < -0.3 is 20.1 Å². The summed E-state index contributed by atoms with van der Waals surface area (Å²) in [7, 11) is -4.37. The lowest BCUT2D eigenvalue weighted by molar-refractivity contribution is -0.161. The van der Waals surface area contributed by atoms with Crippen LogP contribution in [0.5, 0.6) is 0 Å². The summed E-state index contributed by atoms with van der Waals surface area (Å²) < 4.78 is 32.5. The van der Waals surface area contributed by atoms with E-state index in [1.54, 1.807) is 0 Å². The van der Waals surface area contributed by atoms with Gasteiger partial charge in [0.1, 0.15) is 6.61 Å². The molecule has 10 heteroatoms. The van der Waals surface area contributed by atoms with Crippen molar-refractivity contribution < 1.29 is 37.6 Å². The molecule has 0 aliphatic rings. The van der Waals surface area contributed by atoms with Crippen molar-refractivity contribution in [3.63, 3.8) is 0 Å². The molecule has 0 rings (SSSR count). The van der Waals surface area contributed by atoms with Crippen molar-refractivity contribution in [1.29, 1.82) is 0 Å². The van der Waals surface area contributed by atoms with Gasteiger partial charge in [0.25, 0.3) is 0 Å². The molecular weight excluding hydrogens is 605 g/mol. The summed E-state index contributed by atoms with van der Waals surface area (Å²) in [5.74, 6) is -0.852. The van der Waals surface area contributed by atoms with Gasteiger partial charge >= 0.3 is 19.8 Å². The van der Waals surface area contributed by atoms with Crippen LogP contribution >= 0.6 is 7.82 Å². The molecule has 0 heterocycles. The van der Waals surface area contributed by atoms with E-state index in [1.807, 2.05) is 0 Å². The molecule has 0 spiro atoms. The molecule has 0 aliphatic carbocycles. The monoisotopic (exact) mass is 673 g/mol. The van der Waals surface area contributed by atoms with Crippen molar-refractivity contribution in [2.75, 3.05) is 26.4 Å². The first-order chi connectivity index (χ1) is 22.3. The SMILES string of the molecule is CCC/C=C\CCCCCCCC(=O)OCC(COP(=O)(O)OCCN)OC(=O)CCCCCCC/C=C\CCCCCCCC. The molecule has 9 nitrogen and oxygen atoms in total. The maximum Gasteiger partial charge on any atom is 0.472 e. The molecule has 2 unspecified atom stereocenters. The van der Waals surface area contributed by atoms with Crippen LogP contribution in [-0.2, 0) is 32.7 Å². The van der Waals surface area contributed by atoms with E-state index < -0.39 is 32.5 Å². The Balaban J connectivity index is 4.25. The average molecular weight is 674 g/mol. The van der Waals surface area contributed by atoms with Crippen LogP contribution in [0.15, 0.2) is 24.3 Å². The number of phosphoric ester groups is 1. The third-order valence-corrected chi connectivity index (χ3v) is 8.52. The Morgan fingerprint density at radius 1 is 0.630 bits per heavy atom. The first-order valence-electron chi connectivity index (χ1n) is 18.3. The molecule has 46 heavy (non-hydrogen) atoms. The van der Waals surface area contributed by atoms with Crippen LogP contribution in [0.25, 0.3) is 0 Å². The van der Waals surface area contributed by atoms with E-state index in [9.17, 15) is 19.0 Å². The number of hydrogen-bond acceptors (Lipinski definition) is 8. The fourth-order valence-corrected chi connectivity index (χ4v) is 5.57. The summed E-state index contributed by atoms with van der Waals surface area (Å²) in [6.45, 7) is 3.63. The summed E-state index contributed by atoms with van der Waals surface area (Å²) in [4.78, 5) is 34.6. The van der Waals surface area contributed by atoms with Crippen LogP contribution in [-0.4, -0.2) is 49.3 Å². The Labute approximate surface area is 281 Å². The number of carbonyl (C=O) groups excluding carboxylic acids is 2. The number of unbranched alkanes of at least 4 members (excludes halogenated alkanes) is 17. The third kappa shape index (κ3) is 32.4. The minimum atomic E-state index is -4.37. The second kappa shape index (κ2) is 33.4. The van der Waals surface area contributed by atoms with Crippen molar-refractivity contribution in [2.24, 2.45) is 5.73 Å². The number of hydrogen-bond donors (Lipinski definition) is 2. The van der Waals surface area contributed by atoms with Gasteiger partial charge in [0.2, 0.25) is 0 Å². The Hall–Kier alpha value is -1.51. The van der Waals surface area contributed by atoms with Crippen molar-refractivity contribution in [2.45, 2.75) is 168 Å². The quantitative estimate of drug-likeness (QED) is 0.0296. The van der Waals surface area contributed by atoms with Crippen LogP contribution in [0.4, 0.5) is 0 Å². The summed E-state index contributed by atoms with van der Waals surface area (Å²) >= 11 is 0. The smallest absolute Gasteiger partial charge is 0.462 e. The van der Waals surface area contributed by atoms with E-state index in [2.05, 4.69) is 38.2 Å². The first kappa shape index (κ1) is 44.5. The molecule has 0 amide bonds. The Morgan fingerprint density at radius 3 is 1.63 bits per heavy atom. The molecule has 0 aromatic heterocycles. The van der Waals surface area contributed by atoms with Crippen LogP contribution in [0.3, 0.4) is 0 Å². The van der Waals surface area contributed by atoms with Gasteiger partial charge in [-0.1, -0.05) is 115 Å². The second-order valence-electron chi connectivity index (χ2n) is 12.1. The lowest BCUT2D eigenvalue weighted by Gasteiger charge is -2.19. The number of allylic oxidation sites excluding steroid dienone is 4. The molecule has 270 valence electrons. The summed E-state index contributed by atoms with van der Waals surface area (Å²) in [6.07, 6.45) is 32.1. The van der Waals surface area contributed by atoms with E-state index in [4.69, 9.17) is 24.3 Å². The molecule has 0 aromatic rings. The molecule has 0 bridgehead atoms. The molecule has 3 N–H and O–H groups in total. The van der Waals surface area contributed by atoms with E-state index >= 15 is 0 Å². The van der Waals surface area contributed by atoms with Gasteiger partial charge in [-0.25, -0.2) is 4.57 Å². The van der Waals surface area contributed by atoms with Gasteiger partial charge in [-0.05, 0) is 57.8 Å². The normalized spacial score (nSPS) is 13.7. The Morgan fingerprint density at radius 2 is 1.11 bits per heavy atom.